The van der Waals surface area contributed by atoms with Gasteiger partial charge >= 0.3 is 0 Å². The SMILES string of the molecule is CC(C)(C)c1ccc2c(c1)C(C)(C)c1cc(C(C)(C)C)ccc1-2.CC1(C)CCC(C)(C)c2cc3c(cc21)-c1cc2c(cc1C3(C)C)C(C)(C)CCC2(C)C. The second-order valence-electron chi connectivity index (χ2n) is 23.7. The third-order valence-corrected chi connectivity index (χ3v) is 15.0. The van der Waals surface area contributed by atoms with Crippen LogP contribution in [-0.4, -0.2) is 0 Å². The molecule has 0 heterocycles. The molecule has 0 atom stereocenters. The second-order valence-corrected chi connectivity index (χ2v) is 23.7. The maximum absolute atomic E-state index is 2.61. The first kappa shape index (κ1) is 39.1. The van der Waals surface area contributed by atoms with E-state index in [1.807, 2.05) is 0 Å². The summed E-state index contributed by atoms with van der Waals surface area (Å²) in [5.74, 6) is 0. The molecular weight excluding hydrogens is 649 g/mol. The van der Waals surface area contributed by atoms with E-state index in [0.29, 0.717) is 0 Å². The summed E-state index contributed by atoms with van der Waals surface area (Å²) in [6.45, 7) is 43.0. The highest BCUT2D eigenvalue weighted by Crippen LogP contribution is 2.57. The van der Waals surface area contributed by atoms with Crippen molar-refractivity contribution in [3.05, 3.63) is 116 Å². The fourth-order valence-electron chi connectivity index (χ4n) is 10.5. The topological polar surface area (TPSA) is 0 Å². The lowest BCUT2D eigenvalue weighted by atomic mass is 9.62. The first-order chi connectivity index (χ1) is 24.5. The van der Waals surface area contributed by atoms with Crippen molar-refractivity contribution in [1.82, 2.24) is 0 Å². The predicted molar refractivity (Wildman–Crippen MR) is 236 cm³/mol. The molecule has 0 radical (unpaired) electrons. The molecule has 0 spiro atoms. The average molecular weight is 721 g/mol. The molecule has 0 nitrogen and oxygen atoms in total. The Balaban J connectivity index is 0.000000175. The molecule has 0 bridgehead atoms. The molecule has 0 N–H and O–H groups in total. The Labute approximate surface area is 331 Å². The number of rotatable bonds is 0. The van der Waals surface area contributed by atoms with Gasteiger partial charge in [0.1, 0.15) is 0 Å². The fraction of sp³-hybridized carbons (Fsp3) is 0.556. The summed E-state index contributed by atoms with van der Waals surface area (Å²) in [6, 6.07) is 24.6. The Morgan fingerprint density at radius 3 is 0.852 bits per heavy atom. The summed E-state index contributed by atoms with van der Waals surface area (Å²) in [4.78, 5) is 0. The Bertz CT molecular complexity index is 2020. The molecule has 8 rings (SSSR count). The summed E-state index contributed by atoms with van der Waals surface area (Å²) in [5, 5.41) is 0. The van der Waals surface area contributed by atoms with E-state index in [-0.39, 0.29) is 43.3 Å². The maximum Gasteiger partial charge on any atom is 0.0159 e. The Hall–Kier alpha value is -3.12. The monoisotopic (exact) mass is 721 g/mol. The van der Waals surface area contributed by atoms with Gasteiger partial charge in [0.25, 0.3) is 0 Å². The molecule has 4 aromatic rings. The lowest BCUT2D eigenvalue weighted by Crippen LogP contribution is -2.34. The molecule has 0 aliphatic heterocycles. The first-order valence-electron chi connectivity index (χ1n) is 21.2. The van der Waals surface area contributed by atoms with E-state index in [1.54, 1.807) is 33.4 Å². The standard InChI is InChI=1S/C31H42.C23H30/c1-27(2)11-13-29(5,6)25-17-21-19(15-23(25)27)20-16-24-26(18-22(20)31(21,9)10)30(7,8)14-12-28(24,3)4;1-21(2,3)15-9-11-17-18-12-10-16(22(4,5)6)14-20(18)23(7,8)19(17)13-15/h15-18H,11-14H2,1-10H3;9-14H,1-8H3. The minimum absolute atomic E-state index is 0.0596. The van der Waals surface area contributed by atoms with Gasteiger partial charge in [-0.25, -0.2) is 0 Å². The number of hydrogen-bond acceptors (Lipinski definition) is 0. The zero-order valence-corrected chi connectivity index (χ0v) is 37.6. The summed E-state index contributed by atoms with van der Waals surface area (Å²) in [5.41, 5.74) is 22.6. The normalized spacial score (nSPS) is 21.4. The van der Waals surface area contributed by atoms with E-state index in [9.17, 15) is 0 Å². The van der Waals surface area contributed by atoms with Gasteiger partial charge in [-0.3, -0.25) is 0 Å². The quantitative estimate of drug-likeness (QED) is 0.170. The van der Waals surface area contributed by atoms with Crippen LogP contribution in [-0.2, 0) is 43.3 Å². The largest absolute Gasteiger partial charge is 0.0579 e. The van der Waals surface area contributed by atoms with Crippen LogP contribution in [0.2, 0.25) is 0 Å². The van der Waals surface area contributed by atoms with E-state index in [1.165, 1.54) is 70.2 Å². The third-order valence-electron chi connectivity index (χ3n) is 15.0. The minimum atomic E-state index is 0.0596. The van der Waals surface area contributed by atoms with Crippen molar-refractivity contribution in [2.24, 2.45) is 0 Å². The lowest BCUT2D eigenvalue weighted by molar-refractivity contribution is 0.331. The highest BCUT2D eigenvalue weighted by Gasteiger charge is 2.45. The Morgan fingerprint density at radius 2 is 0.574 bits per heavy atom. The molecule has 288 valence electrons. The number of fused-ring (bicyclic) bond motifs is 8. The number of hydrogen-bond donors (Lipinski definition) is 0. The summed E-state index contributed by atoms with van der Waals surface area (Å²) in [6.07, 6.45) is 5.09. The van der Waals surface area contributed by atoms with Crippen molar-refractivity contribution in [1.29, 1.82) is 0 Å². The van der Waals surface area contributed by atoms with Crippen LogP contribution in [0.5, 0.6) is 0 Å². The van der Waals surface area contributed by atoms with Gasteiger partial charge in [0.15, 0.2) is 0 Å². The molecular formula is C54H72. The highest BCUT2D eigenvalue weighted by atomic mass is 14.5. The van der Waals surface area contributed by atoms with Gasteiger partial charge in [-0.2, -0.15) is 0 Å². The fourth-order valence-corrected chi connectivity index (χ4v) is 10.5. The van der Waals surface area contributed by atoms with E-state index in [4.69, 9.17) is 0 Å². The van der Waals surface area contributed by atoms with E-state index in [0.717, 1.165) is 0 Å². The van der Waals surface area contributed by atoms with E-state index < -0.39 is 0 Å². The molecule has 0 aromatic heterocycles. The van der Waals surface area contributed by atoms with Gasteiger partial charge in [-0.15, -0.1) is 0 Å². The molecule has 0 amide bonds. The first-order valence-corrected chi connectivity index (χ1v) is 21.2. The molecule has 4 aromatic carbocycles. The van der Waals surface area contributed by atoms with Crippen LogP contribution in [0, 0.1) is 0 Å². The van der Waals surface area contributed by atoms with E-state index in [2.05, 4.69) is 185 Å². The number of benzene rings is 4. The van der Waals surface area contributed by atoms with Gasteiger partial charge in [0.05, 0.1) is 0 Å². The van der Waals surface area contributed by atoms with Crippen LogP contribution in [0.25, 0.3) is 22.3 Å². The zero-order chi connectivity index (χ0) is 40.0. The van der Waals surface area contributed by atoms with Gasteiger partial charge in [-0.1, -0.05) is 173 Å². The molecule has 4 aliphatic rings. The van der Waals surface area contributed by atoms with Gasteiger partial charge < -0.3 is 0 Å². The van der Waals surface area contributed by atoms with Crippen molar-refractivity contribution >= 4 is 0 Å². The van der Waals surface area contributed by atoms with Crippen LogP contribution in [0.3, 0.4) is 0 Å². The molecule has 0 saturated heterocycles. The van der Waals surface area contributed by atoms with Crippen LogP contribution < -0.4 is 0 Å². The lowest BCUT2D eigenvalue weighted by Gasteiger charge is -2.42. The zero-order valence-electron chi connectivity index (χ0n) is 37.6. The van der Waals surface area contributed by atoms with Crippen molar-refractivity contribution in [3.8, 4) is 22.3 Å². The molecule has 0 fully saturated rings. The van der Waals surface area contributed by atoms with Gasteiger partial charge in [-0.05, 0) is 148 Å². The van der Waals surface area contributed by atoms with Crippen molar-refractivity contribution in [3.63, 3.8) is 0 Å². The Kier molecular flexibility index (Phi) is 8.49. The van der Waals surface area contributed by atoms with Crippen molar-refractivity contribution < 1.29 is 0 Å². The van der Waals surface area contributed by atoms with Crippen molar-refractivity contribution in [2.45, 2.75) is 194 Å². The second kappa shape index (κ2) is 11.7. The minimum Gasteiger partial charge on any atom is -0.0579 e. The summed E-state index contributed by atoms with van der Waals surface area (Å²) < 4.78 is 0. The van der Waals surface area contributed by atoms with Crippen molar-refractivity contribution in [2.75, 3.05) is 0 Å². The third kappa shape index (κ3) is 5.98. The van der Waals surface area contributed by atoms with Crippen LogP contribution in [0.15, 0.2) is 60.7 Å². The molecule has 54 heavy (non-hydrogen) atoms. The van der Waals surface area contributed by atoms with Crippen LogP contribution >= 0.6 is 0 Å². The average Bonchev–Trinajstić information content (AvgIpc) is 3.42. The summed E-state index contributed by atoms with van der Waals surface area (Å²) >= 11 is 0. The molecule has 4 aliphatic carbocycles. The predicted octanol–water partition coefficient (Wildman–Crippen LogP) is 15.3. The van der Waals surface area contributed by atoms with Crippen LogP contribution in [0.4, 0.5) is 0 Å². The maximum atomic E-state index is 2.61. The highest BCUT2D eigenvalue weighted by molar-refractivity contribution is 5.84. The smallest absolute Gasteiger partial charge is 0.0159 e. The molecule has 0 heteroatoms. The Morgan fingerprint density at radius 1 is 0.315 bits per heavy atom. The van der Waals surface area contributed by atoms with E-state index >= 15 is 0 Å². The summed E-state index contributed by atoms with van der Waals surface area (Å²) in [7, 11) is 0. The molecule has 0 unspecified atom stereocenters. The van der Waals surface area contributed by atoms with Gasteiger partial charge in [0, 0.05) is 10.8 Å². The molecule has 0 saturated carbocycles. The van der Waals surface area contributed by atoms with Gasteiger partial charge in [0.2, 0.25) is 0 Å². The van der Waals surface area contributed by atoms with Crippen LogP contribution in [0.1, 0.15) is 206 Å².